The number of hydrogen-bond donors (Lipinski definition) is 0. The van der Waals surface area contributed by atoms with Crippen molar-refractivity contribution in [3.8, 4) is 0 Å². The molecule has 3 heteroatoms. The second-order valence-corrected chi connectivity index (χ2v) is 6.88. The zero-order chi connectivity index (χ0) is 14.9. The first-order valence-electron chi connectivity index (χ1n) is 7.36. The molecule has 1 unspecified atom stereocenters. The zero-order valence-electron chi connectivity index (χ0n) is 12.9. The van der Waals surface area contributed by atoms with Crippen molar-refractivity contribution in [1.29, 1.82) is 0 Å². The van der Waals surface area contributed by atoms with E-state index >= 15 is 0 Å². The number of rotatable bonds is 3. The van der Waals surface area contributed by atoms with Crippen molar-refractivity contribution >= 4 is 23.2 Å². The second-order valence-electron chi connectivity index (χ2n) is 6.50. The molecule has 0 bridgehead atoms. The van der Waals surface area contributed by atoms with Crippen LogP contribution in [0.3, 0.4) is 0 Å². The third kappa shape index (κ3) is 2.85. The van der Waals surface area contributed by atoms with Crippen LogP contribution in [0.1, 0.15) is 57.1 Å². The zero-order valence-corrected chi connectivity index (χ0v) is 13.6. The Morgan fingerprint density at radius 3 is 2.80 bits per heavy atom. The minimum Gasteiger partial charge on any atom is -0.307 e. The number of carbonyl (C=O) groups excluding carboxylic acids is 1. The third-order valence-electron chi connectivity index (χ3n) is 4.14. The second kappa shape index (κ2) is 5.77. The molecule has 0 radical (unpaired) electrons. The van der Waals surface area contributed by atoms with Gasteiger partial charge in [-0.3, -0.25) is 4.79 Å². The lowest BCUT2D eigenvalue weighted by Crippen LogP contribution is -2.51. The molecule has 1 aliphatic heterocycles. The van der Waals surface area contributed by atoms with Gasteiger partial charge >= 0.3 is 0 Å². The van der Waals surface area contributed by atoms with E-state index in [4.69, 9.17) is 11.6 Å². The maximum Gasteiger partial charge on any atom is 0.227 e. The van der Waals surface area contributed by atoms with Gasteiger partial charge in [0.1, 0.15) is 0 Å². The Labute approximate surface area is 127 Å². The monoisotopic (exact) mass is 293 g/mol. The summed E-state index contributed by atoms with van der Waals surface area (Å²) in [5, 5.41) is 0. The highest BCUT2D eigenvalue weighted by Gasteiger charge is 2.39. The van der Waals surface area contributed by atoms with E-state index in [1.807, 2.05) is 4.90 Å². The van der Waals surface area contributed by atoms with Gasteiger partial charge in [0.15, 0.2) is 0 Å². The predicted molar refractivity (Wildman–Crippen MR) is 85.7 cm³/mol. The van der Waals surface area contributed by atoms with Gasteiger partial charge in [-0.15, -0.1) is 11.6 Å². The fraction of sp³-hybridized carbons (Fsp3) is 0.588. The van der Waals surface area contributed by atoms with Crippen LogP contribution in [0.5, 0.6) is 0 Å². The van der Waals surface area contributed by atoms with Crippen molar-refractivity contribution in [1.82, 2.24) is 0 Å². The van der Waals surface area contributed by atoms with E-state index in [-0.39, 0.29) is 11.4 Å². The van der Waals surface area contributed by atoms with Crippen molar-refractivity contribution in [2.45, 2.75) is 58.4 Å². The van der Waals surface area contributed by atoms with Crippen LogP contribution < -0.4 is 4.90 Å². The highest BCUT2D eigenvalue weighted by atomic mass is 35.5. The SMILES string of the molecule is Cc1ccc2c(c1)N(C(=O)CCCCl)C(C)(C)CC2C. The van der Waals surface area contributed by atoms with Gasteiger partial charge in [-0.05, 0) is 56.7 Å². The predicted octanol–water partition coefficient (Wildman–Crippen LogP) is 4.63. The molecule has 0 aliphatic carbocycles. The Balaban J connectivity index is 2.45. The van der Waals surface area contributed by atoms with Gasteiger partial charge in [0, 0.05) is 23.5 Å². The van der Waals surface area contributed by atoms with E-state index in [2.05, 4.69) is 45.9 Å². The van der Waals surface area contributed by atoms with E-state index in [0.29, 0.717) is 18.2 Å². The maximum atomic E-state index is 12.6. The minimum atomic E-state index is -0.135. The molecule has 1 amide bonds. The summed E-state index contributed by atoms with van der Waals surface area (Å²) in [6, 6.07) is 6.45. The fourth-order valence-electron chi connectivity index (χ4n) is 3.34. The van der Waals surface area contributed by atoms with Gasteiger partial charge in [-0.2, -0.15) is 0 Å². The molecule has 1 aromatic carbocycles. The summed E-state index contributed by atoms with van der Waals surface area (Å²) in [5.74, 6) is 1.21. The number of benzene rings is 1. The molecule has 1 aromatic rings. The highest BCUT2D eigenvalue weighted by Crippen LogP contribution is 2.43. The number of aryl methyl sites for hydroxylation is 1. The van der Waals surface area contributed by atoms with Gasteiger partial charge in [0.05, 0.1) is 0 Å². The largest absolute Gasteiger partial charge is 0.307 e. The first-order chi connectivity index (χ1) is 9.36. The number of amides is 1. The molecule has 1 atom stereocenters. The van der Waals surface area contributed by atoms with Crippen LogP contribution >= 0.6 is 11.6 Å². The topological polar surface area (TPSA) is 20.3 Å². The molecule has 0 aromatic heterocycles. The lowest BCUT2D eigenvalue weighted by Gasteiger charge is -2.46. The van der Waals surface area contributed by atoms with Crippen LogP contribution in [-0.2, 0) is 4.79 Å². The summed E-state index contributed by atoms with van der Waals surface area (Å²) >= 11 is 5.73. The van der Waals surface area contributed by atoms with E-state index < -0.39 is 0 Å². The van der Waals surface area contributed by atoms with E-state index in [1.165, 1.54) is 11.1 Å². The summed E-state index contributed by atoms with van der Waals surface area (Å²) in [6.45, 7) is 8.64. The molecule has 20 heavy (non-hydrogen) atoms. The summed E-state index contributed by atoms with van der Waals surface area (Å²) in [7, 11) is 0. The summed E-state index contributed by atoms with van der Waals surface area (Å²) < 4.78 is 0. The van der Waals surface area contributed by atoms with Crippen LogP contribution in [0.15, 0.2) is 18.2 Å². The maximum absolute atomic E-state index is 12.6. The van der Waals surface area contributed by atoms with Gasteiger partial charge in [0.2, 0.25) is 5.91 Å². The number of anilines is 1. The quantitative estimate of drug-likeness (QED) is 0.744. The Kier molecular flexibility index (Phi) is 4.43. The molecule has 2 nitrogen and oxygen atoms in total. The average Bonchev–Trinajstić information content (AvgIpc) is 2.34. The smallest absolute Gasteiger partial charge is 0.227 e. The Morgan fingerprint density at radius 1 is 1.45 bits per heavy atom. The van der Waals surface area contributed by atoms with E-state index in [9.17, 15) is 4.79 Å². The molecule has 2 rings (SSSR count). The van der Waals surface area contributed by atoms with Crippen molar-refractivity contribution < 1.29 is 4.79 Å². The Hall–Kier alpha value is -1.02. The number of carbonyl (C=O) groups is 1. The molecule has 0 saturated heterocycles. The summed E-state index contributed by atoms with van der Waals surface area (Å²) in [5.41, 5.74) is 3.44. The van der Waals surface area contributed by atoms with E-state index in [1.54, 1.807) is 0 Å². The normalized spacial score (nSPS) is 20.6. The van der Waals surface area contributed by atoms with Gasteiger partial charge in [-0.25, -0.2) is 0 Å². The molecule has 0 fully saturated rings. The Morgan fingerprint density at radius 2 is 2.15 bits per heavy atom. The van der Waals surface area contributed by atoms with Gasteiger partial charge < -0.3 is 4.90 Å². The third-order valence-corrected chi connectivity index (χ3v) is 4.41. The number of hydrogen-bond acceptors (Lipinski definition) is 1. The van der Waals surface area contributed by atoms with Crippen molar-refractivity contribution in [2.75, 3.05) is 10.8 Å². The standard InChI is InChI=1S/C17H24ClNO/c1-12-7-8-14-13(2)11-17(3,4)19(15(14)10-12)16(20)6-5-9-18/h7-8,10,13H,5-6,9,11H2,1-4H3. The van der Waals surface area contributed by atoms with Crippen molar-refractivity contribution in [3.63, 3.8) is 0 Å². The van der Waals surface area contributed by atoms with Crippen molar-refractivity contribution in [2.24, 2.45) is 0 Å². The lowest BCUT2D eigenvalue weighted by atomic mass is 9.79. The van der Waals surface area contributed by atoms with Crippen LogP contribution in [0.2, 0.25) is 0 Å². The molecular formula is C17H24ClNO. The number of fused-ring (bicyclic) bond motifs is 1. The van der Waals surface area contributed by atoms with Crippen LogP contribution in [-0.4, -0.2) is 17.3 Å². The number of halogens is 1. The molecule has 110 valence electrons. The Bertz CT molecular complexity index is 510. The molecular weight excluding hydrogens is 270 g/mol. The number of alkyl halides is 1. The average molecular weight is 294 g/mol. The summed E-state index contributed by atoms with van der Waals surface area (Å²) in [4.78, 5) is 14.6. The highest BCUT2D eigenvalue weighted by molar-refractivity contribution is 6.18. The first kappa shape index (κ1) is 15.4. The minimum absolute atomic E-state index is 0.135. The molecule has 1 aliphatic rings. The summed E-state index contributed by atoms with van der Waals surface area (Å²) in [6.07, 6.45) is 2.26. The number of nitrogens with zero attached hydrogens (tertiary/aromatic N) is 1. The lowest BCUT2D eigenvalue weighted by molar-refractivity contribution is -0.119. The fourth-order valence-corrected chi connectivity index (χ4v) is 3.48. The van der Waals surface area contributed by atoms with Crippen LogP contribution in [0.4, 0.5) is 5.69 Å². The first-order valence-corrected chi connectivity index (χ1v) is 7.90. The van der Waals surface area contributed by atoms with Gasteiger partial charge in [0.25, 0.3) is 0 Å². The van der Waals surface area contributed by atoms with Gasteiger partial charge in [-0.1, -0.05) is 19.1 Å². The molecule has 0 saturated carbocycles. The molecule has 0 N–H and O–H groups in total. The molecule has 0 spiro atoms. The van der Waals surface area contributed by atoms with E-state index in [0.717, 1.165) is 18.5 Å². The van der Waals surface area contributed by atoms with Crippen molar-refractivity contribution in [3.05, 3.63) is 29.3 Å². The molecule has 1 heterocycles. The van der Waals surface area contributed by atoms with Crippen LogP contribution in [0, 0.1) is 6.92 Å². The van der Waals surface area contributed by atoms with Crippen LogP contribution in [0.25, 0.3) is 0 Å².